The Kier molecular flexibility index (Phi) is 4.54. The molecular formula is C14H15BrFNS. The summed E-state index contributed by atoms with van der Waals surface area (Å²) in [5.41, 5.74) is 2.19. The number of likely N-dealkylation sites (N-methyl/N-ethyl adjacent to an activating group) is 1. The topological polar surface area (TPSA) is 12.0 Å². The van der Waals surface area contributed by atoms with Gasteiger partial charge in [-0.3, -0.25) is 0 Å². The molecule has 0 aliphatic carbocycles. The molecule has 1 atom stereocenters. The second kappa shape index (κ2) is 5.95. The van der Waals surface area contributed by atoms with Crippen LogP contribution in [0.15, 0.2) is 34.1 Å². The number of halogens is 2. The maximum absolute atomic E-state index is 13.1. The first-order valence-electron chi connectivity index (χ1n) is 5.76. The SMILES string of the molecule is CNC(Cc1ccc(F)cc1C)c1cc(Br)cs1. The average Bonchev–Trinajstić information content (AvgIpc) is 2.75. The largest absolute Gasteiger partial charge is 0.312 e. The zero-order valence-electron chi connectivity index (χ0n) is 10.3. The Labute approximate surface area is 119 Å². The first-order valence-corrected chi connectivity index (χ1v) is 7.43. The van der Waals surface area contributed by atoms with Gasteiger partial charge in [-0.15, -0.1) is 11.3 Å². The Bertz CT molecular complexity index is 538. The number of hydrogen-bond acceptors (Lipinski definition) is 2. The summed E-state index contributed by atoms with van der Waals surface area (Å²) in [6.07, 6.45) is 0.871. The molecule has 0 radical (unpaired) electrons. The van der Waals surface area contributed by atoms with E-state index in [1.54, 1.807) is 17.4 Å². The Hall–Kier alpha value is -0.710. The molecule has 1 aromatic heterocycles. The van der Waals surface area contributed by atoms with Crippen LogP contribution in [0.25, 0.3) is 0 Å². The van der Waals surface area contributed by atoms with Crippen molar-refractivity contribution in [1.29, 1.82) is 0 Å². The quantitative estimate of drug-likeness (QED) is 0.874. The van der Waals surface area contributed by atoms with E-state index in [0.717, 1.165) is 16.5 Å². The van der Waals surface area contributed by atoms with Crippen molar-refractivity contribution < 1.29 is 4.39 Å². The fourth-order valence-corrected chi connectivity index (χ4v) is 3.52. The monoisotopic (exact) mass is 327 g/mol. The molecule has 0 spiro atoms. The molecule has 1 heterocycles. The highest BCUT2D eigenvalue weighted by atomic mass is 79.9. The van der Waals surface area contributed by atoms with Gasteiger partial charge in [-0.05, 0) is 65.6 Å². The molecule has 18 heavy (non-hydrogen) atoms. The summed E-state index contributed by atoms with van der Waals surface area (Å²) in [4.78, 5) is 1.29. The molecule has 0 amide bonds. The summed E-state index contributed by atoms with van der Waals surface area (Å²) < 4.78 is 14.2. The van der Waals surface area contributed by atoms with Crippen LogP contribution in [-0.2, 0) is 6.42 Å². The molecule has 0 saturated carbocycles. The van der Waals surface area contributed by atoms with E-state index in [2.05, 4.69) is 32.7 Å². The summed E-state index contributed by atoms with van der Waals surface area (Å²) in [6.45, 7) is 1.95. The minimum absolute atomic E-state index is 0.170. The van der Waals surface area contributed by atoms with Gasteiger partial charge >= 0.3 is 0 Å². The van der Waals surface area contributed by atoms with Crippen LogP contribution in [0.4, 0.5) is 4.39 Å². The van der Waals surface area contributed by atoms with Gasteiger partial charge in [0.05, 0.1) is 0 Å². The molecule has 1 unspecified atom stereocenters. The fourth-order valence-electron chi connectivity index (χ4n) is 1.96. The highest BCUT2D eigenvalue weighted by molar-refractivity contribution is 9.10. The number of nitrogens with one attached hydrogen (secondary N) is 1. The van der Waals surface area contributed by atoms with Crippen molar-refractivity contribution in [3.05, 3.63) is 55.9 Å². The minimum atomic E-state index is -0.170. The van der Waals surface area contributed by atoms with Crippen molar-refractivity contribution >= 4 is 27.3 Å². The van der Waals surface area contributed by atoms with Crippen molar-refractivity contribution in [2.45, 2.75) is 19.4 Å². The molecule has 1 aromatic carbocycles. The zero-order valence-corrected chi connectivity index (χ0v) is 12.7. The van der Waals surface area contributed by atoms with Gasteiger partial charge in [0.1, 0.15) is 5.82 Å². The van der Waals surface area contributed by atoms with Gasteiger partial charge in [0.15, 0.2) is 0 Å². The van der Waals surface area contributed by atoms with Crippen LogP contribution < -0.4 is 5.32 Å². The summed E-state index contributed by atoms with van der Waals surface area (Å²) in [6, 6.07) is 7.39. The summed E-state index contributed by atoms with van der Waals surface area (Å²) in [5.74, 6) is -0.170. The van der Waals surface area contributed by atoms with Crippen molar-refractivity contribution in [1.82, 2.24) is 5.32 Å². The number of rotatable bonds is 4. The van der Waals surface area contributed by atoms with E-state index in [-0.39, 0.29) is 11.9 Å². The summed E-state index contributed by atoms with van der Waals surface area (Å²) in [5, 5.41) is 5.40. The second-order valence-electron chi connectivity index (χ2n) is 4.28. The minimum Gasteiger partial charge on any atom is -0.312 e. The van der Waals surface area contributed by atoms with Gasteiger partial charge in [0.2, 0.25) is 0 Å². The predicted octanol–water partition coefficient (Wildman–Crippen LogP) is 4.46. The lowest BCUT2D eigenvalue weighted by atomic mass is 10.0. The number of benzene rings is 1. The predicted molar refractivity (Wildman–Crippen MR) is 78.7 cm³/mol. The number of aryl methyl sites for hydroxylation is 1. The highest BCUT2D eigenvalue weighted by Gasteiger charge is 2.13. The van der Waals surface area contributed by atoms with Crippen LogP contribution in [0.5, 0.6) is 0 Å². The first-order chi connectivity index (χ1) is 8.60. The second-order valence-corrected chi connectivity index (χ2v) is 6.14. The van der Waals surface area contributed by atoms with Crippen LogP contribution in [-0.4, -0.2) is 7.05 Å². The average molecular weight is 328 g/mol. The summed E-state index contributed by atoms with van der Waals surface area (Å²) in [7, 11) is 1.96. The van der Waals surface area contributed by atoms with Crippen LogP contribution >= 0.6 is 27.3 Å². The summed E-state index contributed by atoms with van der Waals surface area (Å²) >= 11 is 5.20. The molecule has 2 rings (SSSR count). The molecule has 0 saturated heterocycles. The van der Waals surface area contributed by atoms with E-state index >= 15 is 0 Å². The Morgan fingerprint density at radius 1 is 1.39 bits per heavy atom. The standard InChI is InChI=1S/C14H15BrFNS/c1-9-5-12(16)4-3-10(9)6-13(17-2)14-7-11(15)8-18-14/h3-5,7-8,13,17H,6H2,1-2H3. The van der Waals surface area contributed by atoms with Gasteiger partial charge < -0.3 is 5.32 Å². The van der Waals surface area contributed by atoms with Gasteiger partial charge in [0.25, 0.3) is 0 Å². The van der Waals surface area contributed by atoms with E-state index in [9.17, 15) is 4.39 Å². The van der Waals surface area contributed by atoms with Crippen molar-refractivity contribution in [2.75, 3.05) is 7.05 Å². The normalized spacial score (nSPS) is 12.7. The van der Waals surface area contributed by atoms with Crippen LogP contribution in [0, 0.1) is 12.7 Å². The van der Waals surface area contributed by atoms with E-state index in [4.69, 9.17) is 0 Å². The molecule has 2 aromatic rings. The molecule has 0 fully saturated rings. The van der Waals surface area contributed by atoms with Crippen LogP contribution in [0.2, 0.25) is 0 Å². The van der Waals surface area contributed by atoms with Gasteiger partial charge in [-0.2, -0.15) is 0 Å². The molecule has 0 bridgehead atoms. The first kappa shape index (κ1) is 13.7. The van der Waals surface area contributed by atoms with Gasteiger partial charge in [-0.1, -0.05) is 6.07 Å². The third-order valence-corrected chi connectivity index (χ3v) is 4.82. The van der Waals surface area contributed by atoms with Crippen LogP contribution in [0.3, 0.4) is 0 Å². The maximum Gasteiger partial charge on any atom is 0.123 e. The molecule has 1 nitrogen and oxygen atoms in total. The van der Waals surface area contributed by atoms with Crippen molar-refractivity contribution in [3.8, 4) is 0 Å². The fraction of sp³-hybridized carbons (Fsp3) is 0.286. The van der Waals surface area contributed by atoms with E-state index in [0.29, 0.717) is 0 Å². The van der Waals surface area contributed by atoms with Gasteiger partial charge in [-0.25, -0.2) is 4.39 Å². The maximum atomic E-state index is 13.1. The molecule has 0 aliphatic rings. The molecule has 1 N–H and O–H groups in total. The Balaban J connectivity index is 2.20. The lowest BCUT2D eigenvalue weighted by Gasteiger charge is -2.16. The van der Waals surface area contributed by atoms with Crippen molar-refractivity contribution in [3.63, 3.8) is 0 Å². The number of hydrogen-bond donors (Lipinski definition) is 1. The zero-order chi connectivity index (χ0) is 13.1. The number of thiophene rings is 1. The smallest absolute Gasteiger partial charge is 0.123 e. The van der Waals surface area contributed by atoms with Crippen LogP contribution in [0.1, 0.15) is 22.0 Å². The third-order valence-electron chi connectivity index (χ3n) is 3.01. The molecule has 4 heteroatoms. The molecule has 96 valence electrons. The Morgan fingerprint density at radius 2 is 2.17 bits per heavy atom. The van der Waals surface area contributed by atoms with E-state index < -0.39 is 0 Å². The van der Waals surface area contributed by atoms with Crippen molar-refractivity contribution in [2.24, 2.45) is 0 Å². The van der Waals surface area contributed by atoms with E-state index in [1.165, 1.54) is 16.5 Å². The third kappa shape index (κ3) is 3.19. The molecule has 0 aliphatic heterocycles. The lowest BCUT2D eigenvalue weighted by molar-refractivity contribution is 0.595. The molecular weight excluding hydrogens is 313 g/mol. The Morgan fingerprint density at radius 3 is 2.72 bits per heavy atom. The highest BCUT2D eigenvalue weighted by Crippen LogP contribution is 2.28. The lowest BCUT2D eigenvalue weighted by Crippen LogP contribution is -2.18. The van der Waals surface area contributed by atoms with Gasteiger partial charge in [0, 0.05) is 20.8 Å². The van der Waals surface area contributed by atoms with E-state index in [1.807, 2.05) is 20.0 Å².